The Hall–Kier alpha value is -1.73. The van der Waals surface area contributed by atoms with Crippen LogP contribution in [0.1, 0.15) is 0 Å². The van der Waals surface area contributed by atoms with Crippen LogP contribution in [-0.4, -0.2) is 26.4 Å². The second kappa shape index (κ2) is 8.10. The van der Waals surface area contributed by atoms with Gasteiger partial charge in [0.2, 0.25) is 5.91 Å². The number of nitrogens with zero attached hydrogens (tertiary/aromatic N) is 3. The molecule has 0 radical (unpaired) electrons. The first kappa shape index (κ1) is 18.1. The summed E-state index contributed by atoms with van der Waals surface area (Å²) in [5, 5.41) is 12.7. The predicted molar refractivity (Wildman–Crippen MR) is 102 cm³/mol. The lowest BCUT2D eigenvalue weighted by Crippen LogP contribution is -2.14. The number of anilines is 1. The van der Waals surface area contributed by atoms with E-state index in [0.717, 1.165) is 5.69 Å². The zero-order valence-corrected chi connectivity index (χ0v) is 15.7. The maximum atomic E-state index is 12.1. The number of hydrogen-bond acceptors (Lipinski definition) is 4. The van der Waals surface area contributed by atoms with Crippen molar-refractivity contribution in [3.05, 3.63) is 63.9 Å². The topological polar surface area (TPSA) is 59.8 Å². The summed E-state index contributed by atoms with van der Waals surface area (Å²) < 4.78 is 1.77. The highest BCUT2D eigenvalue weighted by atomic mass is 35.5. The second-order valence-corrected chi connectivity index (χ2v) is 7.12. The van der Waals surface area contributed by atoms with Gasteiger partial charge in [0.25, 0.3) is 0 Å². The van der Waals surface area contributed by atoms with Crippen molar-refractivity contribution in [2.24, 2.45) is 0 Å². The molecular formula is C16H11Cl3N4OS. The Bertz CT molecular complexity index is 916. The molecule has 0 fully saturated rings. The first-order chi connectivity index (χ1) is 12.0. The van der Waals surface area contributed by atoms with E-state index in [1.165, 1.54) is 11.8 Å². The molecule has 1 aromatic heterocycles. The van der Waals surface area contributed by atoms with Gasteiger partial charge in [-0.15, -0.1) is 10.2 Å². The molecule has 0 spiro atoms. The normalized spacial score (nSPS) is 10.7. The van der Waals surface area contributed by atoms with E-state index in [0.29, 0.717) is 25.9 Å². The molecule has 3 aromatic rings. The molecule has 128 valence electrons. The molecule has 25 heavy (non-hydrogen) atoms. The van der Waals surface area contributed by atoms with E-state index in [-0.39, 0.29) is 11.7 Å². The van der Waals surface area contributed by atoms with Crippen LogP contribution in [-0.2, 0) is 4.79 Å². The number of carbonyl (C=O) groups is 1. The van der Waals surface area contributed by atoms with Gasteiger partial charge in [-0.3, -0.25) is 9.36 Å². The van der Waals surface area contributed by atoms with Crippen LogP contribution in [0.2, 0.25) is 15.1 Å². The van der Waals surface area contributed by atoms with Crippen LogP contribution < -0.4 is 5.32 Å². The van der Waals surface area contributed by atoms with Crippen molar-refractivity contribution >= 4 is 58.2 Å². The van der Waals surface area contributed by atoms with Crippen molar-refractivity contribution in [3.8, 4) is 5.69 Å². The van der Waals surface area contributed by atoms with E-state index in [9.17, 15) is 4.79 Å². The smallest absolute Gasteiger partial charge is 0.234 e. The van der Waals surface area contributed by atoms with Gasteiger partial charge in [0, 0.05) is 10.7 Å². The number of benzene rings is 2. The Morgan fingerprint density at radius 1 is 1.12 bits per heavy atom. The van der Waals surface area contributed by atoms with Crippen LogP contribution in [0.4, 0.5) is 5.69 Å². The van der Waals surface area contributed by atoms with Gasteiger partial charge in [0.05, 0.1) is 21.5 Å². The van der Waals surface area contributed by atoms with Crippen LogP contribution in [0.3, 0.4) is 0 Å². The average molecular weight is 414 g/mol. The zero-order chi connectivity index (χ0) is 17.8. The molecule has 0 atom stereocenters. The lowest BCUT2D eigenvalue weighted by molar-refractivity contribution is -0.113. The minimum atomic E-state index is -0.191. The van der Waals surface area contributed by atoms with Crippen molar-refractivity contribution < 1.29 is 4.79 Å². The van der Waals surface area contributed by atoms with E-state index >= 15 is 0 Å². The summed E-state index contributed by atoms with van der Waals surface area (Å²) in [7, 11) is 0. The lowest BCUT2D eigenvalue weighted by Gasteiger charge is -2.08. The third kappa shape index (κ3) is 4.67. The summed E-state index contributed by atoms with van der Waals surface area (Å²) in [6, 6.07) is 12.2. The van der Waals surface area contributed by atoms with Crippen molar-refractivity contribution in [1.82, 2.24) is 14.8 Å². The minimum Gasteiger partial charge on any atom is -0.325 e. The molecule has 1 amide bonds. The Morgan fingerprint density at radius 3 is 2.72 bits per heavy atom. The van der Waals surface area contributed by atoms with Crippen LogP contribution in [0.5, 0.6) is 0 Å². The summed E-state index contributed by atoms with van der Waals surface area (Å²) in [5.41, 5.74) is 1.40. The highest BCUT2D eigenvalue weighted by Crippen LogP contribution is 2.26. The van der Waals surface area contributed by atoms with Gasteiger partial charge < -0.3 is 5.32 Å². The van der Waals surface area contributed by atoms with Crippen molar-refractivity contribution in [2.75, 3.05) is 11.1 Å². The highest BCUT2D eigenvalue weighted by Gasteiger charge is 2.11. The molecule has 0 aliphatic heterocycles. The third-order valence-corrected chi connectivity index (χ3v) is 5.06. The van der Waals surface area contributed by atoms with Crippen LogP contribution in [0.25, 0.3) is 5.69 Å². The Morgan fingerprint density at radius 2 is 1.96 bits per heavy atom. The van der Waals surface area contributed by atoms with E-state index in [1.807, 2.05) is 12.1 Å². The average Bonchev–Trinajstić information content (AvgIpc) is 3.05. The second-order valence-electron chi connectivity index (χ2n) is 4.93. The van der Waals surface area contributed by atoms with Gasteiger partial charge >= 0.3 is 0 Å². The van der Waals surface area contributed by atoms with Gasteiger partial charge in [-0.05, 0) is 36.4 Å². The van der Waals surface area contributed by atoms with Crippen LogP contribution >= 0.6 is 46.6 Å². The maximum absolute atomic E-state index is 12.1. The molecule has 0 aliphatic rings. The fourth-order valence-electron chi connectivity index (χ4n) is 2.03. The minimum absolute atomic E-state index is 0.166. The van der Waals surface area contributed by atoms with Gasteiger partial charge in [0.1, 0.15) is 6.33 Å². The van der Waals surface area contributed by atoms with Gasteiger partial charge in [-0.25, -0.2) is 0 Å². The molecular weight excluding hydrogens is 403 g/mol. The summed E-state index contributed by atoms with van der Waals surface area (Å²) in [6.07, 6.45) is 1.57. The monoisotopic (exact) mass is 412 g/mol. The predicted octanol–water partition coefficient (Wildman–Crippen LogP) is 4.96. The molecule has 5 nitrogen and oxygen atoms in total. The van der Waals surface area contributed by atoms with Crippen molar-refractivity contribution in [1.29, 1.82) is 0 Å². The van der Waals surface area contributed by atoms with E-state index in [1.54, 1.807) is 41.2 Å². The molecule has 0 bridgehead atoms. The number of hydrogen-bond donors (Lipinski definition) is 1. The number of halogens is 3. The Kier molecular flexibility index (Phi) is 5.86. The van der Waals surface area contributed by atoms with E-state index < -0.39 is 0 Å². The van der Waals surface area contributed by atoms with Crippen LogP contribution in [0, 0.1) is 0 Å². The summed E-state index contributed by atoms with van der Waals surface area (Å²) >= 11 is 19.1. The fraction of sp³-hybridized carbons (Fsp3) is 0.0625. The first-order valence-corrected chi connectivity index (χ1v) is 9.18. The number of aromatic nitrogens is 3. The molecule has 2 aromatic carbocycles. The quantitative estimate of drug-likeness (QED) is 0.601. The SMILES string of the molecule is O=C(CSc1nncn1-c1cccc(Cl)c1)Nc1ccc(Cl)c(Cl)c1. The molecule has 0 unspecified atom stereocenters. The molecule has 1 N–H and O–H groups in total. The van der Waals surface area contributed by atoms with Gasteiger partial charge in [-0.2, -0.15) is 0 Å². The third-order valence-electron chi connectivity index (χ3n) is 3.14. The number of carbonyl (C=O) groups excluding carboxylic acids is 1. The maximum Gasteiger partial charge on any atom is 0.234 e. The van der Waals surface area contributed by atoms with Gasteiger partial charge in [0.15, 0.2) is 5.16 Å². The number of amides is 1. The standard InChI is InChI=1S/C16H11Cl3N4OS/c17-10-2-1-3-12(6-10)23-9-20-22-16(23)25-8-15(24)21-11-4-5-13(18)14(19)7-11/h1-7,9H,8H2,(H,21,24). The highest BCUT2D eigenvalue weighted by molar-refractivity contribution is 7.99. The molecule has 1 heterocycles. The number of rotatable bonds is 5. The molecule has 0 saturated heterocycles. The Labute approximate surface area is 163 Å². The molecule has 9 heteroatoms. The zero-order valence-electron chi connectivity index (χ0n) is 12.6. The van der Waals surface area contributed by atoms with E-state index in [2.05, 4.69) is 15.5 Å². The Balaban J connectivity index is 1.65. The largest absolute Gasteiger partial charge is 0.325 e. The van der Waals surface area contributed by atoms with Gasteiger partial charge in [-0.1, -0.05) is 52.6 Å². The summed E-state index contributed by atoms with van der Waals surface area (Å²) in [5.74, 6) is -0.0245. The number of thioether (sulfide) groups is 1. The van der Waals surface area contributed by atoms with Crippen LogP contribution in [0.15, 0.2) is 53.9 Å². The summed E-state index contributed by atoms with van der Waals surface area (Å²) in [6.45, 7) is 0. The van der Waals surface area contributed by atoms with E-state index in [4.69, 9.17) is 34.8 Å². The van der Waals surface area contributed by atoms with Crippen molar-refractivity contribution in [3.63, 3.8) is 0 Å². The molecule has 0 aliphatic carbocycles. The lowest BCUT2D eigenvalue weighted by atomic mass is 10.3. The molecule has 3 rings (SSSR count). The first-order valence-electron chi connectivity index (χ1n) is 7.06. The van der Waals surface area contributed by atoms with Crippen molar-refractivity contribution in [2.45, 2.75) is 5.16 Å². The molecule has 0 saturated carbocycles. The summed E-state index contributed by atoms with van der Waals surface area (Å²) in [4.78, 5) is 12.1. The fourth-order valence-corrected chi connectivity index (χ4v) is 3.24. The number of nitrogens with one attached hydrogen (secondary N) is 1.